The van der Waals surface area contributed by atoms with Crippen LogP contribution in [-0.4, -0.2) is 6.54 Å². The van der Waals surface area contributed by atoms with E-state index in [-0.39, 0.29) is 5.41 Å². The van der Waals surface area contributed by atoms with E-state index in [1.165, 1.54) is 112 Å². The highest BCUT2D eigenvalue weighted by Crippen LogP contribution is 2.51. The molecule has 2 heterocycles. The van der Waals surface area contributed by atoms with Crippen LogP contribution in [0, 0.1) is 0 Å². The van der Waals surface area contributed by atoms with Gasteiger partial charge in [-0.3, -0.25) is 0 Å². The molecule has 0 N–H and O–H groups in total. The Kier molecular flexibility index (Phi) is 8.44. The van der Waals surface area contributed by atoms with Gasteiger partial charge in [0, 0.05) is 29.0 Å². The van der Waals surface area contributed by atoms with Crippen LogP contribution in [0.4, 0.5) is 28.4 Å². The Morgan fingerprint density at radius 3 is 1.92 bits per heavy atom. The van der Waals surface area contributed by atoms with Gasteiger partial charge in [-0.1, -0.05) is 172 Å². The van der Waals surface area contributed by atoms with Crippen molar-refractivity contribution in [1.29, 1.82) is 0 Å². The summed E-state index contributed by atoms with van der Waals surface area (Å²) in [6.45, 7) is 5.84. The van der Waals surface area contributed by atoms with E-state index in [2.05, 4.69) is 230 Å². The fourth-order valence-electron chi connectivity index (χ4n) is 10.5. The van der Waals surface area contributed by atoms with Crippen molar-refractivity contribution < 1.29 is 0 Å². The maximum absolute atomic E-state index is 2.52. The number of benzene rings is 9. The first-order chi connectivity index (χ1) is 30.5. The van der Waals surface area contributed by atoms with Crippen molar-refractivity contribution in [2.75, 3.05) is 16.3 Å². The van der Waals surface area contributed by atoms with Crippen molar-refractivity contribution in [2.45, 2.75) is 32.1 Å². The molecule has 9 aromatic rings. The Morgan fingerprint density at radius 2 is 1.11 bits per heavy atom. The van der Waals surface area contributed by atoms with Gasteiger partial charge in [0.05, 0.1) is 11.4 Å². The van der Waals surface area contributed by atoms with Gasteiger partial charge in [-0.25, -0.2) is 0 Å². The fourth-order valence-corrected chi connectivity index (χ4v) is 10.5. The summed E-state index contributed by atoms with van der Waals surface area (Å²) in [6.07, 6.45) is 11.4. The third kappa shape index (κ3) is 5.93. The molecule has 0 spiro atoms. The minimum absolute atomic E-state index is 0.100. The molecule has 0 atom stereocenters. The number of aryl methyl sites for hydroxylation is 1. The fraction of sp³-hybridized carbons (Fsp3) is 0.100. The molecular weight excluding hydrogens is 749 g/mol. The number of anilines is 5. The van der Waals surface area contributed by atoms with Crippen LogP contribution in [0.25, 0.3) is 68.1 Å². The zero-order valence-electron chi connectivity index (χ0n) is 35.1. The number of para-hydroxylation sites is 3. The molecular formula is C60H46N2. The van der Waals surface area contributed by atoms with Gasteiger partial charge in [-0.2, -0.15) is 0 Å². The average molecular weight is 795 g/mol. The Balaban J connectivity index is 0.843. The van der Waals surface area contributed by atoms with E-state index < -0.39 is 0 Å². The van der Waals surface area contributed by atoms with E-state index in [0.29, 0.717) is 0 Å². The molecule has 0 aromatic heterocycles. The highest BCUT2D eigenvalue weighted by Gasteiger charge is 2.36. The maximum Gasteiger partial charge on any atom is 0.0534 e. The molecule has 2 heteroatoms. The van der Waals surface area contributed by atoms with Crippen molar-refractivity contribution in [1.82, 2.24) is 0 Å². The highest BCUT2D eigenvalue weighted by atomic mass is 15.2. The van der Waals surface area contributed by atoms with Crippen LogP contribution >= 0.6 is 0 Å². The molecule has 0 saturated heterocycles. The summed E-state index contributed by atoms with van der Waals surface area (Å²) in [6, 6.07) is 67.6. The summed E-state index contributed by atoms with van der Waals surface area (Å²) in [7, 11) is 0. The van der Waals surface area contributed by atoms with Crippen molar-refractivity contribution in [2.24, 2.45) is 0 Å². The van der Waals surface area contributed by atoms with Crippen LogP contribution < -0.4 is 9.80 Å². The predicted octanol–water partition coefficient (Wildman–Crippen LogP) is 16.2. The Hall–Kier alpha value is -7.42. The maximum atomic E-state index is 2.52. The molecule has 12 rings (SSSR count). The van der Waals surface area contributed by atoms with Gasteiger partial charge >= 0.3 is 0 Å². The van der Waals surface area contributed by atoms with Crippen LogP contribution in [-0.2, 0) is 11.8 Å². The summed E-state index contributed by atoms with van der Waals surface area (Å²) in [5.41, 5.74) is 20.4. The smallest absolute Gasteiger partial charge is 0.0534 e. The second-order valence-corrected chi connectivity index (χ2v) is 17.7. The molecule has 3 aliphatic rings. The van der Waals surface area contributed by atoms with Crippen LogP contribution in [0.3, 0.4) is 0 Å². The Morgan fingerprint density at radius 1 is 0.484 bits per heavy atom. The van der Waals surface area contributed by atoms with Crippen LogP contribution in [0.2, 0.25) is 0 Å². The second-order valence-electron chi connectivity index (χ2n) is 17.7. The molecule has 296 valence electrons. The minimum atomic E-state index is -0.100. The summed E-state index contributed by atoms with van der Waals surface area (Å²) in [5.74, 6) is 0. The summed E-state index contributed by atoms with van der Waals surface area (Å²) in [4.78, 5) is 4.91. The molecule has 0 radical (unpaired) electrons. The summed E-state index contributed by atoms with van der Waals surface area (Å²) in [5, 5.41) is 4.96. The third-order valence-electron chi connectivity index (χ3n) is 13.7. The summed E-state index contributed by atoms with van der Waals surface area (Å²) >= 11 is 0. The van der Waals surface area contributed by atoms with Crippen LogP contribution in [0.1, 0.15) is 59.2 Å². The second kappa shape index (κ2) is 14.4. The molecule has 9 aromatic carbocycles. The quantitative estimate of drug-likeness (QED) is 0.160. The van der Waals surface area contributed by atoms with E-state index in [4.69, 9.17) is 0 Å². The zero-order valence-corrected chi connectivity index (χ0v) is 35.1. The van der Waals surface area contributed by atoms with Gasteiger partial charge < -0.3 is 9.80 Å². The molecule has 0 saturated carbocycles. The van der Waals surface area contributed by atoms with E-state index in [1.807, 2.05) is 0 Å². The number of hydrogen-bond acceptors (Lipinski definition) is 2. The lowest BCUT2D eigenvalue weighted by atomic mass is 9.81. The van der Waals surface area contributed by atoms with Gasteiger partial charge in [0.15, 0.2) is 0 Å². The van der Waals surface area contributed by atoms with E-state index >= 15 is 0 Å². The first kappa shape index (κ1) is 36.4. The van der Waals surface area contributed by atoms with Crippen molar-refractivity contribution in [3.8, 4) is 22.3 Å². The van der Waals surface area contributed by atoms with Gasteiger partial charge in [-0.05, 0) is 144 Å². The van der Waals surface area contributed by atoms with Gasteiger partial charge in [0.2, 0.25) is 0 Å². The Labute approximate surface area is 364 Å². The van der Waals surface area contributed by atoms with E-state index in [0.717, 1.165) is 18.7 Å². The third-order valence-corrected chi connectivity index (χ3v) is 13.7. The lowest BCUT2D eigenvalue weighted by Gasteiger charge is -2.32. The lowest BCUT2D eigenvalue weighted by Crippen LogP contribution is -2.25. The van der Waals surface area contributed by atoms with Crippen molar-refractivity contribution in [3.05, 3.63) is 221 Å². The monoisotopic (exact) mass is 794 g/mol. The lowest BCUT2D eigenvalue weighted by molar-refractivity contribution is 0.659. The van der Waals surface area contributed by atoms with E-state index in [1.54, 1.807) is 0 Å². The molecule has 1 aliphatic carbocycles. The molecule has 0 unspecified atom stereocenters. The highest BCUT2D eigenvalue weighted by molar-refractivity contribution is 6.04. The molecule has 2 nitrogen and oxygen atoms in total. The zero-order chi connectivity index (χ0) is 41.4. The standard InChI is InChI=1S/C60H46N2/c1-60(2)55-36-40(22-32-53(55)54-34-31-48(39-56(54)60)61-35-11-15-42-12-3-8-18-57(42)61)21-23-41-29-33-51(52-17-7-6-16-50(41)52)47-27-26-46-38-49(30-28-45(46)37-47)62-58-19-9-4-13-43(58)24-25-44-14-5-10-20-59(44)62/h3-10,12-14,16-34,36-39H,11,15,35H2,1-2H3/b23-21+. The van der Waals surface area contributed by atoms with E-state index in [9.17, 15) is 0 Å². The van der Waals surface area contributed by atoms with Crippen LogP contribution in [0.5, 0.6) is 0 Å². The predicted molar refractivity (Wildman–Crippen MR) is 265 cm³/mol. The molecule has 62 heavy (non-hydrogen) atoms. The first-order valence-corrected chi connectivity index (χ1v) is 22.0. The van der Waals surface area contributed by atoms with Crippen molar-refractivity contribution in [3.63, 3.8) is 0 Å². The first-order valence-electron chi connectivity index (χ1n) is 22.0. The Bertz CT molecular complexity index is 3280. The largest absolute Gasteiger partial charge is 0.341 e. The van der Waals surface area contributed by atoms with Crippen LogP contribution in [0.15, 0.2) is 182 Å². The molecule has 0 amide bonds. The van der Waals surface area contributed by atoms with Crippen molar-refractivity contribution >= 4 is 74.3 Å². The number of fused-ring (bicyclic) bond motifs is 8. The SMILES string of the molecule is CC1(C)c2cc(/C=C/c3ccc(-c4ccc5cc(N6c7ccccc7C=Cc7ccccc76)ccc5c4)c4ccccc34)ccc2-c2ccc(N3CCCc4ccccc43)cc21. The normalized spacial score (nSPS) is 14.7. The molecule has 2 aliphatic heterocycles. The molecule has 0 bridgehead atoms. The number of rotatable bonds is 5. The average Bonchev–Trinajstić information content (AvgIpc) is 3.42. The topological polar surface area (TPSA) is 6.48 Å². The number of hydrogen-bond donors (Lipinski definition) is 0. The molecule has 0 fully saturated rings. The van der Waals surface area contributed by atoms with Gasteiger partial charge in [0.25, 0.3) is 0 Å². The number of nitrogens with zero attached hydrogens (tertiary/aromatic N) is 2. The van der Waals surface area contributed by atoms with Gasteiger partial charge in [0.1, 0.15) is 0 Å². The van der Waals surface area contributed by atoms with Gasteiger partial charge in [-0.15, -0.1) is 0 Å². The minimum Gasteiger partial charge on any atom is -0.341 e. The summed E-state index contributed by atoms with van der Waals surface area (Å²) < 4.78 is 0.